The van der Waals surface area contributed by atoms with Crippen LogP contribution in [0.15, 0.2) is 18.2 Å². The smallest absolute Gasteiger partial charge is 0.397 e. The Morgan fingerprint density at radius 3 is 2.33 bits per heavy atom. The summed E-state index contributed by atoms with van der Waals surface area (Å²) in [5.41, 5.74) is 0. The number of benzene rings is 1. The monoisotopic (exact) mass is 316 g/mol. The Morgan fingerprint density at radius 1 is 1.22 bits per heavy atom. The van der Waals surface area contributed by atoms with Crippen LogP contribution in [0.4, 0.5) is 0 Å². The summed E-state index contributed by atoms with van der Waals surface area (Å²) in [6.45, 7) is 3.62. The second kappa shape index (κ2) is 8.55. The van der Waals surface area contributed by atoms with Crippen LogP contribution >= 0.6 is 23.2 Å². The Bertz CT molecular complexity index is 461. The van der Waals surface area contributed by atoms with Crippen LogP contribution in [0.1, 0.15) is 13.8 Å². The number of rotatable bonds is 5. The number of hydrogen-bond acceptors (Lipinski definition) is 4. The minimum Gasteiger partial charge on any atom is -0.490 e. The molecule has 0 aliphatic carbocycles. The van der Waals surface area contributed by atoms with Crippen LogP contribution in [0.2, 0.25) is 10.0 Å². The first-order valence-electron chi connectivity index (χ1n) is 5.08. The third-order valence-corrected chi connectivity index (χ3v) is 2.46. The molecule has 1 aromatic rings. The molecule has 1 rings (SSSR count). The van der Waals surface area contributed by atoms with Gasteiger partial charge in [-0.15, -0.1) is 0 Å². The molecule has 0 aromatic heterocycles. The maximum atomic E-state index is 10.2. The molecule has 0 radical (unpaired) electrons. The molecular formula is C10H14Cl2O5S. The quantitative estimate of drug-likeness (QED) is 0.667. The van der Waals surface area contributed by atoms with Crippen LogP contribution in [0, 0.1) is 0 Å². The molecule has 0 bridgehead atoms. The third-order valence-electron chi connectivity index (χ3n) is 1.47. The second-order valence-corrected chi connectivity index (χ2v) is 4.61. The van der Waals surface area contributed by atoms with Gasteiger partial charge in [0.05, 0.1) is 5.02 Å². The SMILES string of the molecule is CC.O=S(=O)(O)OCCOc1ccc(Cl)cc1Cl. The van der Waals surface area contributed by atoms with Gasteiger partial charge in [0.25, 0.3) is 0 Å². The van der Waals surface area contributed by atoms with Crippen molar-refractivity contribution in [3.05, 3.63) is 28.2 Å². The van der Waals surface area contributed by atoms with Crippen molar-refractivity contribution in [2.24, 2.45) is 0 Å². The molecule has 0 aliphatic heterocycles. The Hall–Kier alpha value is -0.530. The first-order chi connectivity index (χ1) is 8.38. The summed E-state index contributed by atoms with van der Waals surface area (Å²) in [6.07, 6.45) is 0. The third kappa shape index (κ3) is 7.73. The van der Waals surface area contributed by atoms with Gasteiger partial charge in [0.15, 0.2) is 0 Å². The maximum absolute atomic E-state index is 10.2. The summed E-state index contributed by atoms with van der Waals surface area (Å²) in [7, 11) is -4.43. The topological polar surface area (TPSA) is 72.8 Å². The van der Waals surface area contributed by atoms with Gasteiger partial charge in [-0.05, 0) is 18.2 Å². The van der Waals surface area contributed by atoms with Gasteiger partial charge in [-0.25, -0.2) is 4.18 Å². The van der Waals surface area contributed by atoms with Gasteiger partial charge < -0.3 is 4.74 Å². The predicted molar refractivity (Wildman–Crippen MR) is 70.8 cm³/mol. The van der Waals surface area contributed by atoms with E-state index >= 15 is 0 Å². The first-order valence-corrected chi connectivity index (χ1v) is 7.20. The van der Waals surface area contributed by atoms with E-state index in [1.54, 1.807) is 6.07 Å². The summed E-state index contributed by atoms with van der Waals surface area (Å²) in [5, 5.41) is 0.769. The number of ether oxygens (including phenoxy) is 1. The van der Waals surface area contributed by atoms with Crippen molar-refractivity contribution >= 4 is 33.6 Å². The van der Waals surface area contributed by atoms with Crippen LogP contribution < -0.4 is 4.74 Å². The molecule has 1 N–H and O–H groups in total. The van der Waals surface area contributed by atoms with Crippen molar-refractivity contribution in [3.8, 4) is 5.75 Å². The van der Waals surface area contributed by atoms with Crippen molar-refractivity contribution in [3.63, 3.8) is 0 Å². The molecular weight excluding hydrogens is 303 g/mol. The molecule has 104 valence electrons. The molecule has 0 spiro atoms. The molecule has 0 saturated heterocycles. The zero-order valence-corrected chi connectivity index (χ0v) is 12.2. The Labute approximate surface area is 117 Å². The Kier molecular flexibility index (Phi) is 8.30. The van der Waals surface area contributed by atoms with Gasteiger partial charge in [-0.1, -0.05) is 37.0 Å². The lowest BCUT2D eigenvalue weighted by atomic mass is 10.3. The fourth-order valence-corrected chi connectivity index (χ4v) is 1.62. The van der Waals surface area contributed by atoms with Gasteiger partial charge in [-0.3, -0.25) is 4.55 Å². The van der Waals surface area contributed by atoms with Crippen molar-refractivity contribution < 1.29 is 21.9 Å². The highest BCUT2D eigenvalue weighted by Crippen LogP contribution is 2.27. The fraction of sp³-hybridized carbons (Fsp3) is 0.400. The molecule has 18 heavy (non-hydrogen) atoms. The molecule has 0 fully saturated rings. The van der Waals surface area contributed by atoms with Crippen molar-refractivity contribution in [1.29, 1.82) is 0 Å². The van der Waals surface area contributed by atoms with Crippen molar-refractivity contribution in [1.82, 2.24) is 0 Å². The van der Waals surface area contributed by atoms with E-state index in [0.717, 1.165) is 0 Å². The molecule has 0 amide bonds. The lowest BCUT2D eigenvalue weighted by Gasteiger charge is -2.07. The molecule has 0 unspecified atom stereocenters. The Balaban J connectivity index is 0.00000137. The molecule has 1 aromatic carbocycles. The molecule has 0 atom stereocenters. The maximum Gasteiger partial charge on any atom is 0.397 e. The van der Waals surface area contributed by atoms with Gasteiger partial charge in [0.1, 0.15) is 19.0 Å². The highest BCUT2D eigenvalue weighted by molar-refractivity contribution is 7.80. The van der Waals surface area contributed by atoms with E-state index in [4.69, 9.17) is 32.5 Å². The Morgan fingerprint density at radius 2 is 1.83 bits per heavy atom. The zero-order chi connectivity index (χ0) is 14.2. The van der Waals surface area contributed by atoms with Crippen LogP contribution in [0.25, 0.3) is 0 Å². The van der Waals surface area contributed by atoms with Crippen molar-refractivity contribution in [2.45, 2.75) is 13.8 Å². The summed E-state index contributed by atoms with van der Waals surface area (Å²) < 4.78 is 37.8. The van der Waals surface area contributed by atoms with Crippen LogP contribution in [0.3, 0.4) is 0 Å². The van der Waals surface area contributed by atoms with Crippen molar-refractivity contribution in [2.75, 3.05) is 13.2 Å². The zero-order valence-electron chi connectivity index (χ0n) is 9.89. The van der Waals surface area contributed by atoms with E-state index in [0.29, 0.717) is 15.8 Å². The fourth-order valence-electron chi connectivity index (χ4n) is 0.883. The van der Waals surface area contributed by atoms with E-state index < -0.39 is 10.4 Å². The van der Waals surface area contributed by atoms with E-state index in [2.05, 4.69) is 4.18 Å². The molecule has 0 saturated carbocycles. The lowest BCUT2D eigenvalue weighted by Crippen LogP contribution is -2.11. The lowest BCUT2D eigenvalue weighted by molar-refractivity contribution is 0.202. The normalized spacial score (nSPS) is 10.5. The molecule has 0 heterocycles. The molecule has 8 heteroatoms. The largest absolute Gasteiger partial charge is 0.490 e. The van der Waals surface area contributed by atoms with E-state index in [1.807, 2.05) is 13.8 Å². The summed E-state index contributed by atoms with van der Waals surface area (Å²) >= 11 is 11.4. The average Bonchev–Trinajstić information content (AvgIpc) is 2.28. The van der Waals surface area contributed by atoms with Gasteiger partial charge >= 0.3 is 10.4 Å². The number of halogens is 2. The van der Waals surface area contributed by atoms with Crippen LogP contribution in [-0.2, 0) is 14.6 Å². The molecule has 5 nitrogen and oxygen atoms in total. The summed E-state index contributed by atoms with van der Waals surface area (Å²) in [6, 6.07) is 4.60. The highest BCUT2D eigenvalue weighted by Gasteiger charge is 2.05. The highest BCUT2D eigenvalue weighted by atomic mass is 35.5. The van der Waals surface area contributed by atoms with Crippen LogP contribution in [-0.4, -0.2) is 26.2 Å². The minimum absolute atomic E-state index is 0.0683. The molecule has 0 aliphatic rings. The van der Waals surface area contributed by atoms with E-state index in [-0.39, 0.29) is 13.2 Å². The van der Waals surface area contributed by atoms with E-state index in [9.17, 15) is 8.42 Å². The average molecular weight is 317 g/mol. The van der Waals surface area contributed by atoms with E-state index in [1.165, 1.54) is 12.1 Å². The van der Waals surface area contributed by atoms with Gasteiger partial charge in [0.2, 0.25) is 0 Å². The van der Waals surface area contributed by atoms with Gasteiger partial charge in [-0.2, -0.15) is 8.42 Å². The second-order valence-electron chi connectivity index (χ2n) is 2.67. The number of hydrogen-bond donors (Lipinski definition) is 1. The summed E-state index contributed by atoms with van der Waals surface area (Å²) in [5.74, 6) is 0.352. The summed E-state index contributed by atoms with van der Waals surface area (Å²) in [4.78, 5) is 0. The van der Waals surface area contributed by atoms with Crippen LogP contribution in [0.5, 0.6) is 5.75 Å². The minimum atomic E-state index is -4.43. The van der Waals surface area contributed by atoms with Gasteiger partial charge in [0, 0.05) is 5.02 Å². The predicted octanol–water partition coefficient (Wildman–Crippen LogP) is 3.22. The first kappa shape index (κ1) is 17.5. The standard InChI is InChI=1S/C8H8Cl2O5S.C2H6/c9-6-1-2-8(7(10)5-6)14-3-4-15-16(11,12)13;1-2/h1-2,5H,3-4H2,(H,11,12,13);1-2H3.